The molecule has 1 rings (SSSR count). The van der Waals surface area contributed by atoms with Gasteiger partial charge in [0, 0.05) is 6.07 Å². The Balaban J connectivity index is 2.95. The van der Waals surface area contributed by atoms with E-state index >= 15 is 0 Å². The van der Waals surface area contributed by atoms with Crippen LogP contribution in [0.15, 0.2) is 12.1 Å². The number of nitrogens with one attached hydrogen (secondary N) is 1. The van der Waals surface area contributed by atoms with E-state index in [2.05, 4.69) is 0 Å². The predicted molar refractivity (Wildman–Crippen MR) is 49.3 cm³/mol. The van der Waals surface area contributed by atoms with Gasteiger partial charge in [0.1, 0.15) is 11.9 Å². The highest BCUT2D eigenvalue weighted by molar-refractivity contribution is 5.94. The smallest absolute Gasteiger partial charge is 0.340 e. The lowest BCUT2D eigenvalue weighted by atomic mass is 10.1. The fraction of sp³-hybridized carbons (Fsp3) is 0.300. The number of amides is 1. The molecule has 1 atom stereocenters. The van der Waals surface area contributed by atoms with Gasteiger partial charge in [-0.2, -0.15) is 13.2 Å². The van der Waals surface area contributed by atoms with Gasteiger partial charge in [0.15, 0.2) is 11.6 Å². The standard InChI is InChI=1S/C10H7F6NO/c1-4(10(14,15)16)17-9(18)5-2-7(12)8(13)3-6(5)11/h2-4H,1H3,(H,17,18)/t4-/m0/s1. The molecule has 0 aliphatic heterocycles. The minimum atomic E-state index is -4.72. The molecule has 0 fully saturated rings. The van der Waals surface area contributed by atoms with E-state index in [0.29, 0.717) is 6.92 Å². The Morgan fingerprint density at radius 1 is 1.11 bits per heavy atom. The molecule has 0 saturated carbocycles. The highest BCUT2D eigenvalue weighted by Gasteiger charge is 2.37. The first kappa shape index (κ1) is 14.3. The highest BCUT2D eigenvalue weighted by Crippen LogP contribution is 2.20. The second-order valence-corrected chi connectivity index (χ2v) is 3.48. The van der Waals surface area contributed by atoms with Gasteiger partial charge in [-0.1, -0.05) is 0 Å². The number of alkyl halides is 3. The zero-order chi connectivity index (χ0) is 14.1. The second kappa shape index (κ2) is 4.87. The summed E-state index contributed by atoms with van der Waals surface area (Å²) in [6.07, 6.45) is -4.72. The molecular weight excluding hydrogens is 264 g/mol. The van der Waals surface area contributed by atoms with Gasteiger partial charge < -0.3 is 5.32 Å². The Morgan fingerprint density at radius 3 is 2.11 bits per heavy atom. The number of hydrogen-bond acceptors (Lipinski definition) is 1. The molecule has 0 bridgehead atoms. The lowest BCUT2D eigenvalue weighted by Gasteiger charge is -2.17. The summed E-state index contributed by atoms with van der Waals surface area (Å²) < 4.78 is 74.8. The highest BCUT2D eigenvalue weighted by atomic mass is 19.4. The number of benzene rings is 1. The average molecular weight is 271 g/mol. The Morgan fingerprint density at radius 2 is 1.61 bits per heavy atom. The van der Waals surface area contributed by atoms with E-state index in [-0.39, 0.29) is 12.1 Å². The molecular formula is C10H7F6NO. The van der Waals surface area contributed by atoms with Crippen LogP contribution in [0, 0.1) is 17.5 Å². The molecule has 18 heavy (non-hydrogen) atoms. The summed E-state index contributed by atoms with van der Waals surface area (Å²) in [4.78, 5) is 11.2. The molecule has 1 aromatic carbocycles. The van der Waals surface area contributed by atoms with Crippen LogP contribution in [0.2, 0.25) is 0 Å². The molecule has 0 aliphatic carbocycles. The van der Waals surface area contributed by atoms with Crippen molar-refractivity contribution in [3.8, 4) is 0 Å². The first-order chi connectivity index (χ1) is 8.12. The molecule has 2 nitrogen and oxygen atoms in total. The van der Waals surface area contributed by atoms with E-state index in [4.69, 9.17) is 0 Å². The maximum absolute atomic E-state index is 13.1. The summed E-state index contributed by atoms with van der Waals surface area (Å²) in [5, 5.41) is 1.43. The van der Waals surface area contributed by atoms with Crippen molar-refractivity contribution in [1.29, 1.82) is 0 Å². The van der Waals surface area contributed by atoms with Gasteiger partial charge in [0.25, 0.3) is 5.91 Å². The summed E-state index contributed by atoms with van der Waals surface area (Å²) in [5.74, 6) is -5.98. The van der Waals surface area contributed by atoms with Gasteiger partial charge in [0.2, 0.25) is 0 Å². The van der Waals surface area contributed by atoms with Gasteiger partial charge in [0.05, 0.1) is 5.56 Å². The summed E-state index contributed by atoms with van der Waals surface area (Å²) in [6, 6.07) is -1.96. The third-order valence-electron chi connectivity index (χ3n) is 2.09. The molecule has 0 aliphatic rings. The lowest BCUT2D eigenvalue weighted by molar-refractivity contribution is -0.149. The van der Waals surface area contributed by atoms with Gasteiger partial charge in [-0.25, -0.2) is 13.2 Å². The van der Waals surface area contributed by atoms with Crippen LogP contribution in [-0.4, -0.2) is 18.1 Å². The quantitative estimate of drug-likeness (QED) is 0.650. The molecule has 0 heterocycles. The Bertz CT molecular complexity index is 470. The fourth-order valence-corrected chi connectivity index (χ4v) is 1.05. The van der Waals surface area contributed by atoms with Crippen LogP contribution >= 0.6 is 0 Å². The summed E-state index contributed by atoms with van der Waals surface area (Å²) >= 11 is 0. The van der Waals surface area contributed by atoms with Crippen LogP contribution in [0.5, 0.6) is 0 Å². The molecule has 0 unspecified atom stereocenters. The molecule has 8 heteroatoms. The number of hydrogen-bond donors (Lipinski definition) is 1. The van der Waals surface area contributed by atoms with Crippen LogP contribution in [0.3, 0.4) is 0 Å². The topological polar surface area (TPSA) is 29.1 Å². The third kappa shape index (κ3) is 3.14. The maximum Gasteiger partial charge on any atom is 0.408 e. The van der Waals surface area contributed by atoms with E-state index in [1.54, 1.807) is 0 Å². The average Bonchev–Trinajstić information content (AvgIpc) is 2.21. The fourth-order valence-electron chi connectivity index (χ4n) is 1.05. The molecule has 0 spiro atoms. The normalized spacial score (nSPS) is 13.3. The zero-order valence-corrected chi connectivity index (χ0v) is 8.91. The zero-order valence-electron chi connectivity index (χ0n) is 8.91. The van der Waals surface area contributed by atoms with E-state index in [0.717, 1.165) is 0 Å². The van der Waals surface area contributed by atoms with E-state index in [1.807, 2.05) is 0 Å². The van der Waals surface area contributed by atoms with Crippen molar-refractivity contribution in [2.75, 3.05) is 0 Å². The first-order valence-corrected chi connectivity index (χ1v) is 4.65. The van der Waals surface area contributed by atoms with Crippen molar-refractivity contribution < 1.29 is 31.1 Å². The molecule has 0 radical (unpaired) electrons. The number of carbonyl (C=O) groups is 1. The van der Waals surface area contributed by atoms with Crippen molar-refractivity contribution in [3.63, 3.8) is 0 Å². The first-order valence-electron chi connectivity index (χ1n) is 4.65. The van der Waals surface area contributed by atoms with E-state index in [9.17, 15) is 31.1 Å². The Labute approximate surface area is 97.6 Å². The van der Waals surface area contributed by atoms with Gasteiger partial charge in [-0.3, -0.25) is 4.79 Å². The summed E-state index contributed by atoms with van der Waals surface area (Å²) in [7, 11) is 0. The van der Waals surface area contributed by atoms with E-state index < -0.39 is 41.1 Å². The Hall–Kier alpha value is -1.73. The monoisotopic (exact) mass is 271 g/mol. The number of carbonyl (C=O) groups excluding carboxylic acids is 1. The molecule has 100 valence electrons. The van der Waals surface area contributed by atoms with Crippen LogP contribution in [0.1, 0.15) is 17.3 Å². The Kier molecular flexibility index (Phi) is 3.88. The molecule has 1 aromatic rings. The third-order valence-corrected chi connectivity index (χ3v) is 2.09. The second-order valence-electron chi connectivity index (χ2n) is 3.48. The van der Waals surface area contributed by atoms with Crippen molar-refractivity contribution in [1.82, 2.24) is 5.32 Å². The summed E-state index contributed by atoms with van der Waals surface area (Å²) in [6.45, 7) is 0.635. The number of rotatable bonds is 2. The van der Waals surface area contributed by atoms with Gasteiger partial charge in [-0.05, 0) is 13.0 Å². The van der Waals surface area contributed by atoms with Crippen molar-refractivity contribution in [2.24, 2.45) is 0 Å². The minimum Gasteiger partial charge on any atom is -0.340 e. The van der Waals surface area contributed by atoms with Crippen LogP contribution < -0.4 is 5.32 Å². The van der Waals surface area contributed by atoms with Gasteiger partial charge >= 0.3 is 6.18 Å². The molecule has 0 saturated heterocycles. The van der Waals surface area contributed by atoms with Crippen molar-refractivity contribution in [2.45, 2.75) is 19.1 Å². The van der Waals surface area contributed by atoms with Gasteiger partial charge in [-0.15, -0.1) is 0 Å². The number of halogens is 6. The minimum absolute atomic E-state index is 0.0858. The SMILES string of the molecule is C[C@H](NC(=O)c1cc(F)c(F)cc1F)C(F)(F)F. The van der Waals surface area contributed by atoms with Crippen molar-refractivity contribution >= 4 is 5.91 Å². The van der Waals surface area contributed by atoms with E-state index in [1.165, 1.54) is 5.32 Å². The molecule has 0 aromatic heterocycles. The maximum atomic E-state index is 13.1. The largest absolute Gasteiger partial charge is 0.408 e. The molecule has 1 N–H and O–H groups in total. The lowest BCUT2D eigenvalue weighted by Crippen LogP contribution is -2.43. The summed E-state index contributed by atoms with van der Waals surface area (Å²) in [5.41, 5.74) is -0.995. The van der Waals surface area contributed by atoms with Crippen LogP contribution in [0.4, 0.5) is 26.3 Å². The molecule has 1 amide bonds. The van der Waals surface area contributed by atoms with Crippen LogP contribution in [-0.2, 0) is 0 Å². The van der Waals surface area contributed by atoms with Crippen LogP contribution in [0.25, 0.3) is 0 Å². The van der Waals surface area contributed by atoms with Crippen molar-refractivity contribution in [3.05, 3.63) is 35.1 Å². The predicted octanol–water partition coefficient (Wildman–Crippen LogP) is 2.78.